The first-order valence-electron chi connectivity index (χ1n) is 14.5. The third-order valence-corrected chi connectivity index (χ3v) is 7.83. The van der Waals surface area contributed by atoms with Crippen molar-refractivity contribution in [1.82, 2.24) is 0 Å². The molecule has 0 amide bonds. The predicted molar refractivity (Wildman–Crippen MR) is 155 cm³/mol. The molecule has 0 aromatic heterocycles. The fraction of sp³-hybridized carbons (Fsp3) is 0.750. The van der Waals surface area contributed by atoms with E-state index >= 15 is 0 Å². The maximum atomic E-state index is 12.8. The summed E-state index contributed by atoms with van der Waals surface area (Å²) in [6.07, 6.45) is 2.16. The molecule has 212 valence electrons. The van der Waals surface area contributed by atoms with E-state index in [4.69, 9.17) is 9.47 Å². The Labute approximate surface area is 227 Å². The lowest BCUT2D eigenvalue weighted by atomic mass is 9.88. The molecule has 5 nitrogen and oxygen atoms in total. The van der Waals surface area contributed by atoms with Crippen molar-refractivity contribution in [2.45, 2.75) is 107 Å². The summed E-state index contributed by atoms with van der Waals surface area (Å²) in [6.45, 7) is 22.7. The van der Waals surface area contributed by atoms with Crippen LogP contribution in [0.3, 0.4) is 0 Å². The van der Waals surface area contributed by atoms with Gasteiger partial charge in [0.25, 0.3) is 0 Å². The molecule has 0 aliphatic rings. The first-order valence-corrected chi connectivity index (χ1v) is 14.5. The summed E-state index contributed by atoms with van der Waals surface area (Å²) in [6, 6.07) is 9.95. The summed E-state index contributed by atoms with van der Waals surface area (Å²) < 4.78 is 11.8. The molecule has 0 saturated carbocycles. The predicted octanol–water partition coefficient (Wildman–Crippen LogP) is 7.77. The van der Waals surface area contributed by atoms with Gasteiger partial charge in [-0.1, -0.05) is 87.4 Å². The number of hydrogen-bond donors (Lipinski definition) is 0. The van der Waals surface area contributed by atoms with Gasteiger partial charge in [-0.15, -0.1) is 0 Å². The molecule has 4 unspecified atom stereocenters. The molecule has 1 aromatic rings. The molecule has 1 aromatic carbocycles. The normalized spacial score (nSPS) is 15.1. The number of benzene rings is 1. The first-order chi connectivity index (χ1) is 17.3. The van der Waals surface area contributed by atoms with Gasteiger partial charge >= 0.3 is 11.9 Å². The van der Waals surface area contributed by atoms with Gasteiger partial charge in [0.1, 0.15) is 12.2 Å². The largest absolute Gasteiger partial charge is 0.462 e. The second-order valence-corrected chi connectivity index (χ2v) is 12.3. The van der Waals surface area contributed by atoms with Crippen LogP contribution in [-0.4, -0.2) is 37.2 Å². The molecule has 0 aliphatic heterocycles. The molecule has 0 N–H and O–H groups in total. The summed E-state index contributed by atoms with van der Waals surface area (Å²) >= 11 is 0. The van der Waals surface area contributed by atoms with Crippen LogP contribution in [0.5, 0.6) is 0 Å². The van der Waals surface area contributed by atoms with Crippen LogP contribution in [-0.2, 0) is 19.1 Å². The van der Waals surface area contributed by atoms with Crippen LogP contribution < -0.4 is 4.90 Å². The second-order valence-electron chi connectivity index (χ2n) is 12.3. The zero-order valence-electron chi connectivity index (χ0n) is 25.3. The summed E-state index contributed by atoms with van der Waals surface area (Å²) in [4.78, 5) is 27.7. The molecule has 0 saturated heterocycles. The quantitative estimate of drug-likeness (QED) is 0.198. The maximum absolute atomic E-state index is 12.8. The standard InChI is InChI=1S/C32H55NO4/c1-22(2)26(9)20-29(24(5)6)36-31(34)16-18-33(28-14-12-11-13-15-28)19-17-32(35)37-30(25(7)8)21-27(10)23(3)4/h11-15,22-27,29-30H,16-21H2,1-10H3. The Morgan fingerprint density at radius 3 is 1.32 bits per heavy atom. The smallest absolute Gasteiger partial charge is 0.307 e. The van der Waals surface area contributed by atoms with E-state index < -0.39 is 0 Å². The maximum Gasteiger partial charge on any atom is 0.307 e. The van der Waals surface area contributed by atoms with Crippen molar-refractivity contribution in [2.75, 3.05) is 18.0 Å². The molecule has 37 heavy (non-hydrogen) atoms. The molecule has 4 atom stereocenters. The number of anilines is 1. The van der Waals surface area contributed by atoms with Gasteiger partial charge < -0.3 is 14.4 Å². The number of rotatable bonds is 17. The first kappa shape index (κ1) is 33.0. The van der Waals surface area contributed by atoms with Gasteiger partial charge in [0.15, 0.2) is 0 Å². The zero-order valence-corrected chi connectivity index (χ0v) is 25.3. The fourth-order valence-corrected chi connectivity index (χ4v) is 4.11. The molecule has 1 rings (SSSR count). The van der Waals surface area contributed by atoms with Gasteiger partial charge in [-0.25, -0.2) is 0 Å². The Morgan fingerprint density at radius 1 is 0.622 bits per heavy atom. The minimum atomic E-state index is -0.180. The Kier molecular flexibility index (Phi) is 14.9. The Hall–Kier alpha value is -2.04. The van der Waals surface area contributed by atoms with Crippen molar-refractivity contribution < 1.29 is 19.1 Å². The fourth-order valence-electron chi connectivity index (χ4n) is 4.11. The lowest BCUT2D eigenvalue weighted by Crippen LogP contribution is -2.33. The van der Waals surface area contributed by atoms with Gasteiger partial charge in [0.2, 0.25) is 0 Å². The van der Waals surface area contributed by atoms with Crippen molar-refractivity contribution in [3.63, 3.8) is 0 Å². The SMILES string of the molecule is CC(C)C(C)CC(OC(=O)CCN(CCC(=O)OC(CC(C)C(C)C)C(C)C)c1ccccc1)C(C)C. The highest BCUT2D eigenvalue weighted by atomic mass is 16.5. The summed E-state index contributed by atoms with van der Waals surface area (Å²) in [7, 11) is 0. The zero-order chi connectivity index (χ0) is 28.1. The van der Waals surface area contributed by atoms with E-state index in [1.165, 1.54) is 0 Å². The third-order valence-electron chi connectivity index (χ3n) is 7.83. The van der Waals surface area contributed by atoms with Crippen LogP contribution >= 0.6 is 0 Å². The highest BCUT2D eigenvalue weighted by Crippen LogP contribution is 2.24. The lowest BCUT2D eigenvalue weighted by Gasteiger charge is -2.28. The van der Waals surface area contributed by atoms with Crippen LogP contribution in [0.1, 0.15) is 94.9 Å². The second kappa shape index (κ2) is 16.7. The summed E-state index contributed by atoms with van der Waals surface area (Å²) in [5.74, 6) is 2.28. The van der Waals surface area contributed by atoms with E-state index in [0.717, 1.165) is 18.5 Å². The topological polar surface area (TPSA) is 55.8 Å². The molecule has 0 heterocycles. The monoisotopic (exact) mass is 517 g/mol. The molecule has 0 fully saturated rings. The molecular formula is C32H55NO4. The highest BCUT2D eigenvalue weighted by Gasteiger charge is 2.25. The molecular weight excluding hydrogens is 462 g/mol. The van der Waals surface area contributed by atoms with Crippen molar-refractivity contribution in [3.8, 4) is 0 Å². The lowest BCUT2D eigenvalue weighted by molar-refractivity contribution is -0.152. The summed E-state index contributed by atoms with van der Waals surface area (Å²) in [5.41, 5.74) is 0.991. The number of para-hydroxylation sites is 1. The third kappa shape index (κ3) is 12.8. The van der Waals surface area contributed by atoms with E-state index in [1.807, 2.05) is 30.3 Å². The highest BCUT2D eigenvalue weighted by molar-refractivity contribution is 5.72. The van der Waals surface area contributed by atoms with Crippen molar-refractivity contribution in [2.24, 2.45) is 35.5 Å². The van der Waals surface area contributed by atoms with Gasteiger partial charge in [-0.05, 0) is 60.5 Å². The number of nitrogens with zero attached hydrogens (tertiary/aromatic N) is 1. The van der Waals surface area contributed by atoms with Crippen LogP contribution in [0.4, 0.5) is 5.69 Å². The molecule has 5 heteroatoms. The minimum absolute atomic E-state index is 0.0775. The molecule has 0 spiro atoms. The molecule has 0 radical (unpaired) electrons. The minimum Gasteiger partial charge on any atom is -0.462 e. The van der Waals surface area contributed by atoms with E-state index in [2.05, 4.69) is 74.1 Å². The molecule has 0 bridgehead atoms. The van der Waals surface area contributed by atoms with Gasteiger partial charge in [-0.2, -0.15) is 0 Å². The van der Waals surface area contributed by atoms with E-state index in [0.29, 0.717) is 36.8 Å². The van der Waals surface area contributed by atoms with Crippen LogP contribution in [0, 0.1) is 35.5 Å². The van der Waals surface area contributed by atoms with Crippen molar-refractivity contribution in [3.05, 3.63) is 30.3 Å². The average Bonchev–Trinajstić information content (AvgIpc) is 2.83. The van der Waals surface area contributed by atoms with Gasteiger partial charge in [0.05, 0.1) is 12.8 Å². The molecule has 0 aliphatic carbocycles. The number of esters is 2. The van der Waals surface area contributed by atoms with E-state index in [9.17, 15) is 9.59 Å². The number of carbonyl (C=O) groups excluding carboxylic acids is 2. The van der Waals surface area contributed by atoms with Crippen molar-refractivity contribution >= 4 is 17.6 Å². The Morgan fingerprint density at radius 2 is 1.00 bits per heavy atom. The van der Waals surface area contributed by atoms with Crippen molar-refractivity contribution in [1.29, 1.82) is 0 Å². The van der Waals surface area contributed by atoms with E-state index in [-0.39, 0.29) is 48.8 Å². The van der Waals surface area contributed by atoms with Crippen LogP contribution in [0.15, 0.2) is 30.3 Å². The van der Waals surface area contributed by atoms with Crippen LogP contribution in [0.2, 0.25) is 0 Å². The Bertz CT molecular complexity index is 728. The number of carbonyl (C=O) groups is 2. The van der Waals surface area contributed by atoms with Gasteiger partial charge in [-0.3, -0.25) is 9.59 Å². The Balaban J connectivity index is 2.76. The van der Waals surface area contributed by atoms with Crippen LogP contribution in [0.25, 0.3) is 0 Å². The summed E-state index contributed by atoms with van der Waals surface area (Å²) in [5, 5.41) is 0. The number of ether oxygens (including phenoxy) is 2. The average molecular weight is 518 g/mol. The van der Waals surface area contributed by atoms with Gasteiger partial charge in [0, 0.05) is 18.8 Å². The van der Waals surface area contributed by atoms with E-state index in [1.54, 1.807) is 0 Å². The number of hydrogen-bond acceptors (Lipinski definition) is 5.